The second kappa shape index (κ2) is 8.21. The molecule has 3 rings (SSSR count). The standard InChI is InChI=1S/C17H14Cl2N2OS2/c18-11-6-8-12(9-7-11)23-10-2-5-15(22)20-17-21-16-13(19)3-1-4-14(16)24-17/h1,3-4,6-9H,2,5,10H2,(H,20,21,22). The zero-order valence-corrected chi connectivity index (χ0v) is 15.7. The van der Waals surface area contributed by atoms with Gasteiger partial charge in [-0.15, -0.1) is 11.8 Å². The summed E-state index contributed by atoms with van der Waals surface area (Å²) in [6, 6.07) is 13.3. The molecule has 7 heteroatoms. The molecule has 124 valence electrons. The Morgan fingerprint density at radius 1 is 1.17 bits per heavy atom. The fourth-order valence-electron chi connectivity index (χ4n) is 2.10. The Hall–Kier alpha value is -1.27. The van der Waals surface area contributed by atoms with Crippen molar-refractivity contribution in [2.24, 2.45) is 0 Å². The van der Waals surface area contributed by atoms with Crippen LogP contribution in [-0.4, -0.2) is 16.6 Å². The highest BCUT2D eigenvalue weighted by atomic mass is 35.5. The zero-order chi connectivity index (χ0) is 16.9. The summed E-state index contributed by atoms with van der Waals surface area (Å²) in [4.78, 5) is 17.6. The van der Waals surface area contributed by atoms with Gasteiger partial charge < -0.3 is 5.32 Å². The first-order valence-corrected chi connectivity index (χ1v) is 9.91. The molecule has 1 heterocycles. The topological polar surface area (TPSA) is 42.0 Å². The third-order valence-electron chi connectivity index (χ3n) is 3.25. The molecule has 2 aromatic carbocycles. The Morgan fingerprint density at radius 3 is 2.71 bits per heavy atom. The monoisotopic (exact) mass is 396 g/mol. The molecule has 0 radical (unpaired) electrons. The predicted molar refractivity (Wildman–Crippen MR) is 105 cm³/mol. The second-order valence-corrected chi connectivity index (χ2v) is 8.10. The fraction of sp³-hybridized carbons (Fsp3) is 0.176. The number of amides is 1. The van der Waals surface area contributed by atoms with E-state index in [1.807, 2.05) is 36.4 Å². The number of halogens is 2. The third-order valence-corrected chi connectivity index (χ3v) is 5.84. The number of thioether (sulfide) groups is 1. The molecular weight excluding hydrogens is 383 g/mol. The summed E-state index contributed by atoms with van der Waals surface area (Å²) in [6.45, 7) is 0. The van der Waals surface area contributed by atoms with Gasteiger partial charge in [0, 0.05) is 16.3 Å². The van der Waals surface area contributed by atoms with Crippen molar-refractivity contribution in [2.75, 3.05) is 11.1 Å². The Labute approximate surface area is 158 Å². The van der Waals surface area contributed by atoms with Gasteiger partial charge in [-0.2, -0.15) is 0 Å². The number of benzene rings is 2. The highest BCUT2D eigenvalue weighted by Gasteiger charge is 2.09. The average molecular weight is 397 g/mol. The lowest BCUT2D eigenvalue weighted by Crippen LogP contribution is -2.11. The molecule has 1 N–H and O–H groups in total. The van der Waals surface area contributed by atoms with E-state index in [4.69, 9.17) is 23.2 Å². The maximum absolute atomic E-state index is 12.0. The van der Waals surface area contributed by atoms with Crippen molar-refractivity contribution in [3.05, 3.63) is 52.5 Å². The van der Waals surface area contributed by atoms with Crippen LogP contribution in [0.4, 0.5) is 5.13 Å². The van der Waals surface area contributed by atoms with Crippen LogP contribution in [0.15, 0.2) is 47.4 Å². The number of fused-ring (bicyclic) bond motifs is 1. The van der Waals surface area contributed by atoms with E-state index in [-0.39, 0.29) is 5.91 Å². The third kappa shape index (κ3) is 4.63. The number of carbonyl (C=O) groups excluding carboxylic acids is 1. The van der Waals surface area contributed by atoms with Crippen LogP contribution in [-0.2, 0) is 4.79 Å². The Kier molecular flexibility index (Phi) is 6.00. The highest BCUT2D eigenvalue weighted by molar-refractivity contribution is 7.99. The van der Waals surface area contributed by atoms with Gasteiger partial charge >= 0.3 is 0 Å². The molecule has 0 bridgehead atoms. The van der Waals surface area contributed by atoms with Crippen LogP contribution in [0, 0.1) is 0 Å². The minimum atomic E-state index is -0.0260. The molecule has 0 aliphatic carbocycles. The number of nitrogens with zero attached hydrogens (tertiary/aromatic N) is 1. The summed E-state index contributed by atoms with van der Waals surface area (Å²) >= 11 is 15.1. The van der Waals surface area contributed by atoms with Crippen LogP contribution >= 0.6 is 46.3 Å². The quantitative estimate of drug-likeness (QED) is 0.403. The number of rotatable bonds is 6. The van der Waals surface area contributed by atoms with E-state index in [1.165, 1.54) is 11.3 Å². The predicted octanol–water partition coefficient (Wildman–Crippen LogP) is 6.11. The molecule has 0 saturated heterocycles. The summed E-state index contributed by atoms with van der Waals surface area (Å²) < 4.78 is 0.969. The summed E-state index contributed by atoms with van der Waals surface area (Å²) in [5, 5.41) is 4.77. The number of anilines is 1. The first kappa shape index (κ1) is 17.5. The SMILES string of the molecule is O=C(CCCSc1ccc(Cl)cc1)Nc1nc2c(Cl)cccc2s1. The van der Waals surface area contributed by atoms with E-state index in [2.05, 4.69) is 10.3 Å². The summed E-state index contributed by atoms with van der Waals surface area (Å²) in [6.07, 6.45) is 1.26. The van der Waals surface area contributed by atoms with E-state index in [0.717, 1.165) is 32.3 Å². The second-order valence-electron chi connectivity index (χ2n) is 5.06. The fourth-order valence-corrected chi connectivity index (χ4v) is 4.26. The van der Waals surface area contributed by atoms with Crippen molar-refractivity contribution in [2.45, 2.75) is 17.7 Å². The van der Waals surface area contributed by atoms with Gasteiger partial charge in [0.05, 0.1) is 9.72 Å². The first-order chi connectivity index (χ1) is 11.6. The molecule has 3 aromatic rings. The molecule has 0 aliphatic heterocycles. The Bertz CT molecular complexity index is 849. The number of carbonyl (C=O) groups is 1. The largest absolute Gasteiger partial charge is 0.302 e. The van der Waals surface area contributed by atoms with Crippen molar-refractivity contribution in [1.82, 2.24) is 4.98 Å². The van der Waals surface area contributed by atoms with E-state index in [9.17, 15) is 4.79 Å². The average Bonchev–Trinajstić information content (AvgIpc) is 2.97. The number of hydrogen-bond acceptors (Lipinski definition) is 4. The number of aromatic nitrogens is 1. The smallest absolute Gasteiger partial charge is 0.226 e. The molecular formula is C17H14Cl2N2OS2. The molecule has 24 heavy (non-hydrogen) atoms. The van der Waals surface area contributed by atoms with Crippen molar-refractivity contribution in [3.63, 3.8) is 0 Å². The van der Waals surface area contributed by atoms with Gasteiger partial charge in [0.2, 0.25) is 5.91 Å². The van der Waals surface area contributed by atoms with E-state index in [0.29, 0.717) is 16.6 Å². The molecule has 1 amide bonds. The highest BCUT2D eigenvalue weighted by Crippen LogP contribution is 2.30. The van der Waals surface area contributed by atoms with Crippen LogP contribution in [0.1, 0.15) is 12.8 Å². The van der Waals surface area contributed by atoms with Gasteiger partial charge in [0.1, 0.15) is 5.52 Å². The number of nitrogens with one attached hydrogen (secondary N) is 1. The number of thiazole rings is 1. The van der Waals surface area contributed by atoms with E-state index >= 15 is 0 Å². The van der Waals surface area contributed by atoms with E-state index in [1.54, 1.807) is 17.8 Å². The summed E-state index contributed by atoms with van der Waals surface area (Å²) in [5.74, 6) is 0.850. The van der Waals surface area contributed by atoms with Crippen molar-refractivity contribution in [3.8, 4) is 0 Å². The molecule has 0 spiro atoms. The zero-order valence-electron chi connectivity index (χ0n) is 12.6. The van der Waals surface area contributed by atoms with Gasteiger partial charge in [0.15, 0.2) is 5.13 Å². The minimum Gasteiger partial charge on any atom is -0.302 e. The molecule has 0 unspecified atom stereocenters. The van der Waals surface area contributed by atoms with Gasteiger partial charge in [-0.3, -0.25) is 4.79 Å². The lowest BCUT2D eigenvalue weighted by Gasteiger charge is -2.03. The molecule has 3 nitrogen and oxygen atoms in total. The molecule has 0 fully saturated rings. The van der Waals surface area contributed by atoms with E-state index < -0.39 is 0 Å². The Balaban J connectivity index is 1.46. The van der Waals surface area contributed by atoms with Crippen LogP contribution in [0.2, 0.25) is 10.0 Å². The molecule has 0 aliphatic rings. The van der Waals surface area contributed by atoms with Gasteiger partial charge in [0.25, 0.3) is 0 Å². The first-order valence-electron chi connectivity index (χ1n) is 7.35. The molecule has 0 saturated carbocycles. The molecule has 1 aromatic heterocycles. The molecule has 0 atom stereocenters. The number of hydrogen-bond donors (Lipinski definition) is 1. The maximum Gasteiger partial charge on any atom is 0.226 e. The maximum atomic E-state index is 12.0. The van der Waals surface area contributed by atoms with Gasteiger partial charge in [-0.25, -0.2) is 4.98 Å². The van der Waals surface area contributed by atoms with Crippen LogP contribution < -0.4 is 5.32 Å². The Morgan fingerprint density at radius 2 is 1.96 bits per heavy atom. The number of para-hydroxylation sites is 1. The van der Waals surface area contributed by atoms with Crippen molar-refractivity contribution in [1.29, 1.82) is 0 Å². The van der Waals surface area contributed by atoms with Crippen LogP contribution in [0.3, 0.4) is 0 Å². The lowest BCUT2D eigenvalue weighted by molar-refractivity contribution is -0.116. The summed E-state index contributed by atoms with van der Waals surface area (Å²) in [7, 11) is 0. The van der Waals surface area contributed by atoms with Crippen molar-refractivity contribution >= 4 is 67.6 Å². The normalized spacial score (nSPS) is 10.9. The van der Waals surface area contributed by atoms with Gasteiger partial charge in [-0.05, 0) is 48.6 Å². The lowest BCUT2D eigenvalue weighted by atomic mass is 10.3. The van der Waals surface area contributed by atoms with Crippen molar-refractivity contribution < 1.29 is 4.79 Å². The van der Waals surface area contributed by atoms with Crippen LogP contribution in [0.5, 0.6) is 0 Å². The minimum absolute atomic E-state index is 0.0260. The van der Waals surface area contributed by atoms with Gasteiger partial charge in [-0.1, -0.05) is 40.6 Å². The summed E-state index contributed by atoms with van der Waals surface area (Å²) in [5.41, 5.74) is 0.734. The van der Waals surface area contributed by atoms with Crippen LogP contribution in [0.25, 0.3) is 10.2 Å².